The van der Waals surface area contributed by atoms with Crippen LogP contribution in [0.15, 0.2) is 11.3 Å². The SMILES string of the molecule is CCCC/C(=C(/C)C(N)=O)N(CCC)CCC. The first-order chi connectivity index (χ1) is 8.08. The van der Waals surface area contributed by atoms with Crippen molar-refractivity contribution >= 4 is 5.91 Å². The molecule has 0 fully saturated rings. The van der Waals surface area contributed by atoms with Crippen molar-refractivity contribution in [1.29, 1.82) is 0 Å². The van der Waals surface area contributed by atoms with Gasteiger partial charge in [0, 0.05) is 24.4 Å². The zero-order valence-corrected chi connectivity index (χ0v) is 11.9. The molecule has 0 bridgehead atoms. The van der Waals surface area contributed by atoms with Crippen LogP contribution >= 0.6 is 0 Å². The summed E-state index contributed by atoms with van der Waals surface area (Å²) in [6.45, 7) is 10.4. The smallest absolute Gasteiger partial charge is 0.246 e. The number of hydrogen-bond acceptors (Lipinski definition) is 2. The minimum absolute atomic E-state index is 0.284. The van der Waals surface area contributed by atoms with Gasteiger partial charge < -0.3 is 10.6 Å². The third-order valence-electron chi connectivity index (χ3n) is 2.94. The predicted molar refractivity (Wildman–Crippen MR) is 73.6 cm³/mol. The fourth-order valence-electron chi connectivity index (χ4n) is 1.99. The molecular formula is C14H28N2O. The Morgan fingerprint density at radius 2 is 1.59 bits per heavy atom. The summed E-state index contributed by atoms with van der Waals surface area (Å²) in [5.74, 6) is -0.284. The number of allylic oxidation sites excluding steroid dienone is 1. The lowest BCUT2D eigenvalue weighted by molar-refractivity contribution is -0.114. The van der Waals surface area contributed by atoms with Gasteiger partial charge in [0.25, 0.3) is 0 Å². The average Bonchev–Trinajstić information content (AvgIpc) is 2.29. The standard InChI is InChI=1S/C14H28N2O/c1-5-8-9-13(12(4)14(15)17)16(10-6-2)11-7-3/h5-11H2,1-4H3,(H2,15,17)/b13-12+. The highest BCUT2D eigenvalue weighted by atomic mass is 16.1. The van der Waals surface area contributed by atoms with E-state index in [0.717, 1.165) is 56.5 Å². The summed E-state index contributed by atoms with van der Waals surface area (Å²) < 4.78 is 0. The van der Waals surface area contributed by atoms with E-state index >= 15 is 0 Å². The first-order valence-corrected chi connectivity index (χ1v) is 6.82. The van der Waals surface area contributed by atoms with Gasteiger partial charge in [0.05, 0.1) is 0 Å². The molecule has 0 saturated heterocycles. The molecule has 3 nitrogen and oxygen atoms in total. The Morgan fingerprint density at radius 3 is 1.94 bits per heavy atom. The minimum Gasteiger partial charge on any atom is -0.374 e. The van der Waals surface area contributed by atoms with E-state index in [4.69, 9.17) is 5.73 Å². The van der Waals surface area contributed by atoms with Crippen LogP contribution in [0.5, 0.6) is 0 Å². The highest BCUT2D eigenvalue weighted by Crippen LogP contribution is 2.18. The first kappa shape index (κ1) is 16.0. The van der Waals surface area contributed by atoms with Gasteiger partial charge in [0.2, 0.25) is 5.91 Å². The Hall–Kier alpha value is -0.990. The van der Waals surface area contributed by atoms with E-state index in [1.807, 2.05) is 6.92 Å². The van der Waals surface area contributed by atoms with Gasteiger partial charge in [-0.25, -0.2) is 0 Å². The van der Waals surface area contributed by atoms with E-state index in [-0.39, 0.29) is 5.91 Å². The molecule has 0 aliphatic rings. The molecule has 100 valence electrons. The number of carbonyl (C=O) groups excluding carboxylic acids is 1. The zero-order valence-electron chi connectivity index (χ0n) is 11.9. The molecule has 0 radical (unpaired) electrons. The van der Waals surface area contributed by atoms with Crippen molar-refractivity contribution in [1.82, 2.24) is 4.90 Å². The van der Waals surface area contributed by atoms with E-state index in [1.54, 1.807) is 0 Å². The van der Waals surface area contributed by atoms with Crippen LogP contribution in [0.1, 0.15) is 59.8 Å². The van der Waals surface area contributed by atoms with Gasteiger partial charge in [0.1, 0.15) is 0 Å². The quantitative estimate of drug-likeness (QED) is 0.630. The molecule has 0 saturated carbocycles. The van der Waals surface area contributed by atoms with Gasteiger partial charge in [-0.2, -0.15) is 0 Å². The molecule has 0 atom stereocenters. The summed E-state index contributed by atoms with van der Waals surface area (Å²) in [5, 5.41) is 0. The summed E-state index contributed by atoms with van der Waals surface area (Å²) in [5.41, 5.74) is 7.31. The maximum atomic E-state index is 11.4. The predicted octanol–water partition coefficient (Wildman–Crippen LogP) is 3.06. The number of rotatable bonds is 9. The number of carbonyl (C=O) groups is 1. The van der Waals surface area contributed by atoms with Crippen molar-refractivity contribution in [2.75, 3.05) is 13.1 Å². The Balaban J connectivity index is 4.96. The Kier molecular flexibility index (Phi) is 8.55. The monoisotopic (exact) mass is 240 g/mol. The van der Waals surface area contributed by atoms with E-state index in [0.29, 0.717) is 0 Å². The summed E-state index contributed by atoms with van der Waals surface area (Å²) >= 11 is 0. The first-order valence-electron chi connectivity index (χ1n) is 6.82. The molecule has 0 aliphatic heterocycles. The number of primary amides is 1. The van der Waals surface area contributed by atoms with Crippen LogP contribution in [0.25, 0.3) is 0 Å². The van der Waals surface area contributed by atoms with Crippen molar-refractivity contribution < 1.29 is 4.79 Å². The normalized spacial score (nSPS) is 12.2. The Labute approximate surface area is 106 Å². The fourth-order valence-corrected chi connectivity index (χ4v) is 1.99. The third-order valence-corrected chi connectivity index (χ3v) is 2.94. The molecule has 0 rings (SSSR count). The van der Waals surface area contributed by atoms with Crippen molar-refractivity contribution in [2.24, 2.45) is 5.73 Å². The van der Waals surface area contributed by atoms with Crippen molar-refractivity contribution in [2.45, 2.75) is 59.8 Å². The van der Waals surface area contributed by atoms with Crippen molar-refractivity contribution in [3.05, 3.63) is 11.3 Å². The summed E-state index contributed by atoms with van der Waals surface area (Å²) in [6, 6.07) is 0. The molecule has 0 aliphatic carbocycles. The lowest BCUT2D eigenvalue weighted by atomic mass is 10.1. The topological polar surface area (TPSA) is 46.3 Å². The molecule has 1 amide bonds. The summed E-state index contributed by atoms with van der Waals surface area (Å²) in [7, 11) is 0. The second-order valence-electron chi connectivity index (χ2n) is 4.53. The van der Waals surface area contributed by atoms with Crippen LogP contribution in [0, 0.1) is 0 Å². The largest absolute Gasteiger partial charge is 0.374 e. The number of nitrogens with two attached hydrogens (primary N) is 1. The number of unbranched alkanes of at least 4 members (excludes halogenated alkanes) is 1. The lowest BCUT2D eigenvalue weighted by Crippen LogP contribution is -2.28. The highest BCUT2D eigenvalue weighted by molar-refractivity contribution is 5.91. The Bertz CT molecular complexity index is 253. The van der Waals surface area contributed by atoms with Gasteiger partial charge in [-0.05, 0) is 32.6 Å². The zero-order chi connectivity index (χ0) is 13.3. The summed E-state index contributed by atoms with van der Waals surface area (Å²) in [6.07, 6.45) is 5.42. The van der Waals surface area contributed by atoms with E-state index < -0.39 is 0 Å². The Morgan fingerprint density at radius 1 is 1.06 bits per heavy atom. The average molecular weight is 240 g/mol. The molecule has 3 heteroatoms. The van der Waals surface area contributed by atoms with Crippen LogP contribution in [0.3, 0.4) is 0 Å². The molecule has 0 unspecified atom stereocenters. The van der Waals surface area contributed by atoms with Gasteiger partial charge in [0.15, 0.2) is 0 Å². The van der Waals surface area contributed by atoms with E-state index in [2.05, 4.69) is 25.7 Å². The van der Waals surface area contributed by atoms with Gasteiger partial charge in [-0.15, -0.1) is 0 Å². The van der Waals surface area contributed by atoms with Gasteiger partial charge in [-0.1, -0.05) is 27.2 Å². The van der Waals surface area contributed by atoms with E-state index in [1.165, 1.54) is 0 Å². The second-order valence-corrected chi connectivity index (χ2v) is 4.53. The number of hydrogen-bond donors (Lipinski definition) is 1. The van der Waals surface area contributed by atoms with Crippen LogP contribution in [0.4, 0.5) is 0 Å². The molecule has 2 N–H and O–H groups in total. The molecule has 0 aromatic heterocycles. The van der Waals surface area contributed by atoms with Gasteiger partial charge in [-0.3, -0.25) is 4.79 Å². The molecule has 0 spiro atoms. The number of nitrogens with zero attached hydrogens (tertiary/aromatic N) is 1. The van der Waals surface area contributed by atoms with Crippen molar-refractivity contribution in [3.63, 3.8) is 0 Å². The molecular weight excluding hydrogens is 212 g/mol. The second kappa shape index (κ2) is 9.08. The van der Waals surface area contributed by atoms with Crippen LogP contribution < -0.4 is 5.73 Å². The molecule has 0 aromatic carbocycles. The minimum atomic E-state index is -0.284. The van der Waals surface area contributed by atoms with Crippen LogP contribution in [-0.2, 0) is 4.79 Å². The van der Waals surface area contributed by atoms with Crippen molar-refractivity contribution in [3.8, 4) is 0 Å². The third kappa shape index (κ3) is 5.76. The molecule has 0 aromatic rings. The lowest BCUT2D eigenvalue weighted by Gasteiger charge is -2.28. The highest BCUT2D eigenvalue weighted by Gasteiger charge is 2.13. The maximum Gasteiger partial charge on any atom is 0.246 e. The summed E-state index contributed by atoms with van der Waals surface area (Å²) in [4.78, 5) is 13.7. The fraction of sp³-hybridized carbons (Fsp3) is 0.786. The number of amides is 1. The molecule has 0 heterocycles. The maximum absolute atomic E-state index is 11.4. The van der Waals surface area contributed by atoms with Gasteiger partial charge >= 0.3 is 0 Å². The molecule has 17 heavy (non-hydrogen) atoms. The van der Waals surface area contributed by atoms with E-state index in [9.17, 15) is 4.79 Å². The van der Waals surface area contributed by atoms with Crippen LogP contribution in [0.2, 0.25) is 0 Å². The van der Waals surface area contributed by atoms with Crippen LogP contribution in [-0.4, -0.2) is 23.9 Å².